The van der Waals surface area contributed by atoms with Crippen molar-refractivity contribution in [3.05, 3.63) is 22.4 Å². The SMILES string of the molecule is CNC(CCc1cccs1)C(C)(C)N1CCOCC1. The summed E-state index contributed by atoms with van der Waals surface area (Å²) in [6.45, 7) is 8.53. The van der Waals surface area contributed by atoms with Crippen LogP contribution in [0.5, 0.6) is 0 Å². The summed E-state index contributed by atoms with van der Waals surface area (Å²) in [5, 5.41) is 5.69. The molecule has 1 aromatic heterocycles. The second-order valence-corrected chi connectivity index (χ2v) is 6.74. The molecule has 2 rings (SSSR count). The van der Waals surface area contributed by atoms with Gasteiger partial charge in [-0.1, -0.05) is 6.07 Å². The van der Waals surface area contributed by atoms with Crippen molar-refractivity contribution in [2.45, 2.75) is 38.3 Å². The second-order valence-electron chi connectivity index (χ2n) is 5.71. The molecule has 3 nitrogen and oxygen atoms in total. The first-order valence-corrected chi connectivity index (χ1v) is 8.05. The number of rotatable bonds is 6. The topological polar surface area (TPSA) is 24.5 Å². The van der Waals surface area contributed by atoms with Gasteiger partial charge in [-0.05, 0) is 45.2 Å². The first-order chi connectivity index (χ1) is 9.14. The Morgan fingerprint density at radius 3 is 2.74 bits per heavy atom. The van der Waals surface area contributed by atoms with E-state index in [-0.39, 0.29) is 5.54 Å². The van der Waals surface area contributed by atoms with E-state index in [9.17, 15) is 0 Å². The molecule has 1 atom stereocenters. The molecule has 1 saturated heterocycles. The molecule has 0 radical (unpaired) electrons. The van der Waals surface area contributed by atoms with E-state index < -0.39 is 0 Å². The van der Waals surface area contributed by atoms with E-state index in [0.29, 0.717) is 6.04 Å². The van der Waals surface area contributed by atoms with Gasteiger partial charge in [0.2, 0.25) is 0 Å². The molecule has 0 saturated carbocycles. The van der Waals surface area contributed by atoms with E-state index in [4.69, 9.17) is 4.74 Å². The molecule has 2 heterocycles. The van der Waals surface area contributed by atoms with E-state index in [2.05, 4.69) is 48.6 Å². The molecule has 4 heteroatoms. The fourth-order valence-electron chi connectivity index (χ4n) is 2.95. The van der Waals surface area contributed by atoms with E-state index >= 15 is 0 Å². The fraction of sp³-hybridized carbons (Fsp3) is 0.733. The number of hydrogen-bond acceptors (Lipinski definition) is 4. The van der Waals surface area contributed by atoms with Gasteiger partial charge >= 0.3 is 0 Å². The Kier molecular flexibility index (Phi) is 5.39. The lowest BCUT2D eigenvalue weighted by Crippen LogP contribution is -2.59. The maximum absolute atomic E-state index is 5.47. The summed E-state index contributed by atoms with van der Waals surface area (Å²) in [5.41, 5.74) is 0.176. The molecular weight excluding hydrogens is 256 g/mol. The molecule has 0 aliphatic carbocycles. The van der Waals surface area contributed by atoms with Crippen LogP contribution in [-0.4, -0.2) is 49.8 Å². The Hall–Kier alpha value is -0.420. The van der Waals surface area contributed by atoms with Crippen molar-refractivity contribution in [3.63, 3.8) is 0 Å². The van der Waals surface area contributed by atoms with Crippen LogP contribution in [-0.2, 0) is 11.2 Å². The van der Waals surface area contributed by atoms with E-state index in [1.54, 1.807) is 0 Å². The van der Waals surface area contributed by atoms with Crippen molar-refractivity contribution in [2.24, 2.45) is 0 Å². The third-order valence-electron chi connectivity index (χ3n) is 4.29. The van der Waals surface area contributed by atoms with Crippen LogP contribution < -0.4 is 5.32 Å². The molecule has 0 amide bonds. The molecule has 0 aromatic carbocycles. The maximum Gasteiger partial charge on any atom is 0.0594 e. The number of ether oxygens (including phenoxy) is 1. The number of nitrogens with one attached hydrogen (secondary N) is 1. The summed E-state index contributed by atoms with van der Waals surface area (Å²) in [6.07, 6.45) is 2.35. The highest BCUT2D eigenvalue weighted by Crippen LogP contribution is 2.24. The Balaban J connectivity index is 1.94. The molecule has 1 aromatic rings. The Labute approximate surface area is 121 Å². The van der Waals surface area contributed by atoms with Crippen LogP contribution in [0.2, 0.25) is 0 Å². The average Bonchev–Trinajstić information content (AvgIpc) is 2.93. The smallest absolute Gasteiger partial charge is 0.0594 e. The number of hydrogen-bond donors (Lipinski definition) is 1. The highest BCUT2D eigenvalue weighted by Gasteiger charge is 2.35. The summed E-state index contributed by atoms with van der Waals surface area (Å²) in [6, 6.07) is 4.88. The number of thiophene rings is 1. The number of morpholine rings is 1. The summed E-state index contributed by atoms with van der Waals surface area (Å²) in [5.74, 6) is 0. The zero-order chi connectivity index (χ0) is 13.7. The lowest BCUT2D eigenvalue weighted by Gasteiger charge is -2.45. The highest BCUT2D eigenvalue weighted by molar-refractivity contribution is 7.09. The second kappa shape index (κ2) is 6.84. The zero-order valence-corrected chi connectivity index (χ0v) is 13.1. The normalized spacial score (nSPS) is 19.5. The largest absolute Gasteiger partial charge is 0.379 e. The number of nitrogens with zero attached hydrogens (tertiary/aromatic N) is 1. The molecule has 0 spiro atoms. The Morgan fingerprint density at radius 1 is 1.42 bits per heavy atom. The molecule has 1 N–H and O–H groups in total. The minimum Gasteiger partial charge on any atom is -0.379 e. The minimum atomic E-state index is 0.176. The third kappa shape index (κ3) is 3.78. The van der Waals surface area contributed by atoms with Crippen molar-refractivity contribution in [2.75, 3.05) is 33.4 Å². The van der Waals surface area contributed by atoms with Gasteiger partial charge in [-0.2, -0.15) is 0 Å². The predicted octanol–water partition coefficient (Wildman–Crippen LogP) is 2.38. The first-order valence-electron chi connectivity index (χ1n) is 7.17. The molecule has 1 aliphatic heterocycles. The van der Waals surface area contributed by atoms with Crippen LogP contribution in [0.1, 0.15) is 25.1 Å². The van der Waals surface area contributed by atoms with Crippen LogP contribution in [0.3, 0.4) is 0 Å². The van der Waals surface area contributed by atoms with Gasteiger partial charge in [0.05, 0.1) is 13.2 Å². The van der Waals surface area contributed by atoms with Gasteiger partial charge in [0.1, 0.15) is 0 Å². The molecule has 19 heavy (non-hydrogen) atoms. The van der Waals surface area contributed by atoms with Crippen molar-refractivity contribution < 1.29 is 4.74 Å². The molecule has 1 aliphatic rings. The van der Waals surface area contributed by atoms with E-state index in [1.165, 1.54) is 11.3 Å². The van der Waals surface area contributed by atoms with Crippen molar-refractivity contribution in [1.29, 1.82) is 0 Å². The van der Waals surface area contributed by atoms with Gasteiger partial charge in [-0.15, -0.1) is 11.3 Å². The van der Waals surface area contributed by atoms with Gasteiger partial charge in [-0.3, -0.25) is 4.90 Å². The average molecular weight is 282 g/mol. The molecule has 1 unspecified atom stereocenters. The van der Waals surface area contributed by atoms with Crippen LogP contribution in [0, 0.1) is 0 Å². The molecule has 108 valence electrons. The monoisotopic (exact) mass is 282 g/mol. The third-order valence-corrected chi connectivity index (χ3v) is 5.22. The predicted molar refractivity (Wildman–Crippen MR) is 82.0 cm³/mol. The van der Waals surface area contributed by atoms with Crippen molar-refractivity contribution in [3.8, 4) is 0 Å². The fourth-order valence-corrected chi connectivity index (χ4v) is 3.68. The van der Waals surface area contributed by atoms with Crippen LogP contribution >= 0.6 is 11.3 Å². The van der Waals surface area contributed by atoms with Crippen molar-refractivity contribution in [1.82, 2.24) is 10.2 Å². The summed E-state index contributed by atoms with van der Waals surface area (Å²) >= 11 is 1.86. The number of aryl methyl sites for hydroxylation is 1. The van der Waals surface area contributed by atoms with Gasteiger partial charge in [0.15, 0.2) is 0 Å². The summed E-state index contributed by atoms with van der Waals surface area (Å²) in [7, 11) is 2.08. The van der Waals surface area contributed by atoms with Gasteiger partial charge in [0, 0.05) is 29.5 Å². The van der Waals surface area contributed by atoms with Gasteiger partial charge in [-0.25, -0.2) is 0 Å². The number of likely N-dealkylation sites (N-methyl/N-ethyl adjacent to an activating group) is 1. The summed E-state index contributed by atoms with van der Waals surface area (Å²) < 4.78 is 5.47. The molecule has 1 fully saturated rings. The minimum absolute atomic E-state index is 0.176. The molecular formula is C15H26N2OS. The Morgan fingerprint density at radius 2 is 2.16 bits per heavy atom. The van der Waals surface area contributed by atoms with E-state index in [1.807, 2.05) is 11.3 Å². The lowest BCUT2D eigenvalue weighted by atomic mass is 9.88. The standard InChI is InChI=1S/C15H26N2OS/c1-15(2,17-8-10-18-11-9-17)14(16-3)7-6-13-5-4-12-19-13/h4-5,12,14,16H,6-11H2,1-3H3. The Bertz CT molecular complexity index is 358. The van der Waals surface area contributed by atoms with Crippen LogP contribution in [0.25, 0.3) is 0 Å². The van der Waals surface area contributed by atoms with Crippen molar-refractivity contribution >= 4 is 11.3 Å². The quantitative estimate of drug-likeness (QED) is 0.867. The zero-order valence-electron chi connectivity index (χ0n) is 12.3. The van der Waals surface area contributed by atoms with Crippen LogP contribution in [0.4, 0.5) is 0 Å². The highest BCUT2D eigenvalue weighted by atomic mass is 32.1. The van der Waals surface area contributed by atoms with Crippen LogP contribution in [0.15, 0.2) is 17.5 Å². The molecule has 0 bridgehead atoms. The first kappa shape index (κ1) is 15.0. The van der Waals surface area contributed by atoms with Gasteiger partial charge < -0.3 is 10.1 Å². The summed E-state index contributed by atoms with van der Waals surface area (Å²) in [4.78, 5) is 4.05. The van der Waals surface area contributed by atoms with E-state index in [0.717, 1.165) is 32.7 Å². The van der Waals surface area contributed by atoms with Gasteiger partial charge in [0.25, 0.3) is 0 Å². The lowest BCUT2D eigenvalue weighted by molar-refractivity contribution is -0.0233. The maximum atomic E-state index is 5.47.